The smallest absolute Gasteiger partial charge is 0.331 e. The Morgan fingerprint density at radius 2 is 1.88 bits per heavy atom. The summed E-state index contributed by atoms with van der Waals surface area (Å²) < 4.78 is 11.8. The maximum atomic E-state index is 12.5. The van der Waals surface area contributed by atoms with Crippen molar-refractivity contribution in [2.24, 2.45) is 0 Å². The number of urea groups is 1. The number of hydrogen-bond acceptors (Lipinski definition) is 7. The monoisotopic (exact) mass is 472 g/mol. The van der Waals surface area contributed by atoms with Crippen LogP contribution in [0, 0.1) is 6.92 Å². The summed E-state index contributed by atoms with van der Waals surface area (Å²) in [5.41, 5.74) is -0.168. The molecule has 0 spiro atoms. The number of H-pyrrole nitrogens is 1. The highest BCUT2D eigenvalue weighted by Gasteiger charge is 2.22. The first-order chi connectivity index (χ1) is 16.1. The number of carbonyl (C=O) groups excluding carboxylic acids is 3. The maximum absolute atomic E-state index is 12.5. The van der Waals surface area contributed by atoms with Crippen LogP contribution in [0.1, 0.15) is 25.0 Å². The lowest BCUT2D eigenvalue weighted by molar-refractivity contribution is -0.144. The van der Waals surface area contributed by atoms with Crippen LogP contribution in [-0.4, -0.2) is 58.7 Å². The number of aromatic nitrogens is 2. The number of ether oxygens (including phenoxy) is 2. The topological polar surface area (TPSA) is 140 Å². The molecule has 0 saturated heterocycles. The van der Waals surface area contributed by atoms with Crippen LogP contribution < -0.4 is 21.3 Å². The molecule has 0 aliphatic carbocycles. The van der Waals surface area contributed by atoms with E-state index in [1.165, 1.54) is 35.6 Å². The molecule has 2 rings (SSSR count). The van der Waals surface area contributed by atoms with Gasteiger partial charge < -0.3 is 14.4 Å². The minimum atomic E-state index is -0.950. The van der Waals surface area contributed by atoms with Crippen molar-refractivity contribution in [2.75, 3.05) is 20.2 Å². The lowest BCUT2D eigenvalue weighted by Crippen LogP contribution is -2.47. The number of aromatic amines is 1. The summed E-state index contributed by atoms with van der Waals surface area (Å²) in [5, 5.41) is 2.17. The Hall–Kier alpha value is -4.15. The second-order valence-electron chi connectivity index (χ2n) is 7.41. The highest BCUT2D eigenvalue weighted by molar-refractivity contribution is 5.93. The number of amides is 3. The number of likely N-dealkylation sites (N-methyl/N-ethyl adjacent to an activating group) is 1. The van der Waals surface area contributed by atoms with E-state index < -0.39 is 35.3 Å². The van der Waals surface area contributed by atoms with Crippen molar-refractivity contribution in [3.05, 3.63) is 68.5 Å². The second kappa shape index (κ2) is 12.2. The van der Waals surface area contributed by atoms with Crippen LogP contribution in [0.2, 0.25) is 0 Å². The summed E-state index contributed by atoms with van der Waals surface area (Å²) >= 11 is 0. The zero-order chi connectivity index (χ0) is 25.3. The standard InChI is InChI=1S/C23H28N4O7/c1-5-26(22(31)24-16(3)28)13-19(14-27-12-15(2)21(30)25-23(27)32)34-20(29)11-8-17-6-9-18(33-4)10-7-17/h6-12,19H,5,13-14H2,1-4H3,(H,24,28,31)(H,25,30,32). The van der Waals surface area contributed by atoms with Crippen molar-refractivity contribution in [1.82, 2.24) is 19.8 Å². The number of imide groups is 1. The third kappa shape index (κ3) is 7.76. The van der Waals surface area contributed by atoms with E-state index >= 15 is 0 Å². The first kappa shape index (κ1) is 26.1. The number of esters is 1. The summed E-state index contributed by atoms with van der Waals surface area (Å²) in [7, 11) is 1.55. The average Bonchev–Trinajstić information content (AvgIpc) is 2.79. The van der Waals surface area contributed by atoms with E-state index in [1.807, 2.05) is 0 Å². The van der Waals surface area contributed by atoms with Gasteiger partial charge in [-0.2, -0.15) is 0 Å². The van der Waals surface area contributed by atoms with E-state index in [0.717, 1.165) is 5.56 Å². The molecule has 1 aromatic carbocycles. The van der Waals surface area contributed by atoms with Gasteiger partial charge in [-0.15, -0.1) is 0 Å². The summed E-state index contributed by atoms with van der Waals surface area (Å²) in [6.07, 6.45) is 3.17. The third-order valence-corrected chi connectivity index (χ3v) is 4.78. The molecule has 34 heavy (non-hydrogen) atoms. The van der Waals surface area contributed by atoms with E-state index in [0.29, 0.717) is 11.3 Å². The molecule has 11 nitrogen and oxygen atoms in total. The van der Waals surface area contributed by atoms with Gasteiger partial charge in [0.25, 0.3) is 5.56 Å². The Morgan fingerprint density at radius 3 is 2.47 bits per heavy atom. The number of hydrogen-bond donors (Lipinski definition) is 2. The van der Waals surface area contributed by atoms with Crippen molar-refractivity contribution in [2.45, 2.75) is 33.4 Å². The van der Waals surface area contributed by atoms with Crippen LogP contribution in [0.15, 0.2) is 46.1 Å². The van der Waals surface area contributed by atoms with Crippen LogP contribution >= 0.6 is 0 Å². The van der Waals surface area contributed by atoms with E-state index in [9.17, 15) is 24.0 Å². The number of carbonyl (C=O) groups is 3. The van der Waals surface area contributed by atoms with Crippen LogP contribution in [-0.2, 0) is 20.9 Å². The molecule has 1 unspecified atom stereocenters. The molecule has 3 amide bonds. The molecule has 2 N–H and O–H groups in total. The van der Waals surface area contributed by atoms with Gasteiger partial charge in [-0.3, -0.25) is 24.5 Å². The predicted octanol–water partition coefficient (Wildman–Crippen LogP) is 1.06. The van der Waals surface area contributed by atoms with Gasteiger partial charge in [0.2, 0.25) is 5.91 Å². The first-order valence-electron chi connectivity index (χ1n) is 10.5. The number of methoxy groups -OCH3 is 1. The average molecular weight is 472 g/mol. The number of benzene rings is 1. The molecule has 0 bridgehead atoms. The molecule has 182 valence electrons. The summed E-state index contributed by atoms with van der Waals surface area (Å²) in [5.74, 6) is -0.560. The fraction of sp³-hybridized carbons (Fsp3) is 0.348. The Balaban J connectivity index is 2.23. The molecule has 1 aromatic heterocycles. The van der Waals surface area contributed by atoms with Crippen molar-refractivity contribution < 1.29 is 23.9 Å². The molecule has 0 saturated carbocycles. The maximum Gasteiger partial charge on any atom is 0.331 e. The lowest BCUT2D eigenvalue weighted by Gasteiger charge is -2.26. The molecule has 0 fully saturated rings. The summed E-state index contributed by atoms with van der Waals surface area (Å²) in [4.78, 5) is 63.4. The fourth-order valence-corrected chi connectivity index (χ4v) is 3.02. The van der Waals surface area contributed by atoms with E-state index in [-0.39, 0.29) is 19.6 Å². The molecule has 0 aliphatic heterocycles. The van der Waals surface area contributed by atoms with Gasteiger partial charge in [-0.1, -0.05) is 12.1 Å². The molecule has 2 aromatic rings. The highest BCUT2D eigenvalue weighted by Crippen LogP contribution is 2.12. The van der Waals surface area contributed by atoms with Gasteiger partial charge in [0.1, 0.15) is 11.9 Å². The van der Waals surface area contributed by atoms with E-state index in [4.69, 9.17) is 9.47 Å². The van der Waals surface area contributed by atoms with Crippen molar-refractivity contribution >= 4 is 24.0 Å². The van der Waals surface area contributed by atoms with E-state index in [2.05, 4.69) is 10.3 Å². The molecule has 1 heterocycles. The van der Waals surface area contributed by atoms with Crippen molar-refractivity contribution in [3.63, 3.8) is 0 Å². The molecular formula is C23H28N4O7. The number of aryl methyl sites for hydroxylation is 1. The zero-order valence-corrected chi connectivity index (χ0v) is 19.5. The Kier molecular flexibility index (Phi) is 9.36. The van der Waals surface area contributed by atoms with Gasteiger partial charge in [0, 0.05) is 31.3 Å². The normalized spacial score (nSPS) is 11.6. The Morgan fingerprint density at radius 1 is 1.21 bits per heavy atom. The van der Waals surface area contributed by atoms with Crippen molar-refractivity contribution in [1.29, 1.82) is 0 Å². The van der Waals surface area contributed by atoms with Crippen molar-refractivity contribution in [3.8, 4) is 5.75 Å². The minimum Gasteiger partial charge on any atom is -0.497 e. The largest absolute Gasteiger partial charge is 0.497 e. The van der Waals surface area contributed by atoms with Gasteiger partial charge in [-0.25, -0.2) is 14.4 Å². The van der Waals surface area contributed by atoms with Crippen LogP contribution in [0.25, 0.3) is 6.08 Å². The summed E-state index contributed by atoms with van der Waals surface area (Å²) in [6.45, 7) is 4.43. The zero-order valence-electron chi connectivity index (χ0n) is 19.5. The SMILES string of the molecule is CCN(CC(Cn1cc(C)c(=O)[nH]c1=O)OC(=O)C=Cc1ccc(OC)cc1)C(=O)NC(C)=O. The third-order valence-electron chi connectivity index (χ3n) is 4.78. The number of nitrogens with zero attached hydrogens (tertiary/aromatic N) is 2. The molecule has 0 radical (unpaired) electrons. The molecule has 1 atom stereocenters. The summed E-state index contributed by atoms with van der Waals surface area (Å²) in [6, 6.07) is 6.34. The molecule has 11 heteroatoms. The molecule has 0 aliphatic rings. The number of rotatable bonds is 9. The Labute approximate surface area is 196 Å². The first-order valence-corrected chi connectivity index (χ1v) is 10.5. The van der Waals surface area contributed by atoms with Crippen LogP contribution in [0.5, 0.6) is 5.75 Å². The van der Waals surface area contributed by atoms with Gasteiger partial charge in [-0.05, 0) is 37.6 Å². The van der Waals surface area contributed by atoms with Gasteiger partial charge >= 0.3 is 17.7 Å². The predicted molar refractivity (Wildman–Crippen MR) is 124 cm³/mol. The molecular weight excluding hydrogens is 444 g/mol. The van der Waals surface area contributed by atoms with E-state index in [1.54, 1.807) is 44.4 Å². The van der Waals surface area contributed by atoms with Crippen LogP contribution in [0.4, 0.5) is 4.79 Å². The Bertz CT molecular complexity index is 1170. The fourth-order valence-electron chi connectivity index (χ4n) is 3.02. The second-order valence-corrected chi connectivity index (χ2v) is 7.41. The van der Waals surface area contributed by atoms with Gasteiger partial charge in [0.15, 0.2) is 0 Å². The quantitative estimate of drug-likeness (QED) is 0.411. The lowest BCUT2D eigenvalue weighted by atomic mass is 10.2. The number of nitrogens with one attached hydrogen (secondary N) is 2. The minimum absolute atomic E-state index is 0.0949. The van der Waals surface area contributed by atoms with Crippen LogP contribution in [0.3, 0.4) is 0 Å². The van der Waals surface area contributed by atoms with Gasteiger partial charge in [0.05, 0.1) is 20.2 Å². The highest BCUT2D eigenvalue weighted by atomic mass is 16.5.